The second-order valence-electron chi connectivity index (χ2n) is 7.83. The third-order valence-electron chi connectivity index (χ3n) is 5.62. The zero-order chi connectivity index (χ0) is 20.3. The van der Waals surface area contributed by atoms with Crippen molar-refractivity contribution in [2.45, 2.75) is 58.0 Å². The number of hydrogen-bond acceptors (Lipinski definition) is 3. The molecule has 0 saturated carbocycles. The van der Waals surface area contributed by atoms with Crippen molar-refractivity contribution < 1.29 is 9.53 Å². The number of likely N-dealkylation sites (tertiary alicyclic amines) is 1. The maximum atomic E-state index is 11.6. The quantitative estimate of drug-likeness (QED) is 0.211. The molecule has 1 amide bonds. The molecule has 1 aromatic rings. The average Bonchev–Trinajstić information content (AvgIpc) is 3.15. The number of fused-ring (bicyclic) bond motifs is 1. The van der Waals surface area contributed by atoms with Gasteiger partial charge < -0.3 is 20.3 Å². The molecule has 1 aromatic carbocycles. The van der Waals surface area contributed by atoms with Crippen molar-refractivity contribution in [3.05, 3.63) is 35.4 Å². The highest BCUT2D eigenvalue weighted by Gasteiger charge is 2.20. The zero-order valence-corrected chi connectivity index (χ0v) is 20.5. The first-order valence-corrected chi connectivity index (χ1v) is 11.3. The van der Waals surface area contributed by atoms with E-state index in [2.05, 4.69) is 46.8 Å². The zero-order valence-electron chi connectivity index (χ0n) is 18.2. The number of guanidine groups is 1. The van der Waals surface area contributed by atoms with Crippen molar-refractivity contribution in [2.24, 2.45) is 4.99 Å². The van der Waals surface area contributed by atoms with Gasteiger partial charge in [-0.3, -0.25) is 9.79 Å². The van der Waals surface area contributed by atoms with Crippen molar-refractivity contribution in [1.29, 1.82) is 0 Å². The molecule has 2 aliphatic rings. The molecule has 0 aromatic heterocycles. The Morgan fingerprint density at radius 2 is 2.07 bits per heavy atom. The number of aryl methyl sites for hydroxylation is 1. The summed E-state index contributed by atoms with van der Waals surface area (Å²) in [7, 11) is 0. The summed E-state index contributed by atoms with van der Waals surface area (Å²) in [6, 6.07) is 8.67. The fourth-order valence-corrected chi connectivity index (χ4v) is 4.12. The fourth-order valence-electron chi connectivity index (χ4n) is 4.12. The van der Waals surface area contributed by atoms with E-state index in [0.717, 1.165) is 71.0 Å². The lowest BCUT2D eigenvalue weighted by Gasteiger charge is -2.25. The lowest BCUT2D eigenvalue weighted by atomic mass is 9.89. The number of carbonyl (C=O) groups is 1. The van der Waals surface area contributed by atoms with Crippen molar-refractivity contribution in [3.8, 4) is 0 Å². The van der Waals surface area contributed by atoms with Crippen LogP contribution in [0.3, 0.4) is 0 Å². The summed E-state index contributed by atoms with van der Waals surface area (Å²) in [6.45, 7) is 6.96. The number of benzene rings is 1. The van der Waals surface area contributed by atoms with Crippen LogP contribution < -0.4 is 10.6 Å². The molecular weight excluding hydrogens is 491 g/mol. The van der Waals surface area contributed by atoms with Crippen molar-refractivity contribution in [2.75, 3.05) is 39.3 Å². The lowest BCUT2D eigenvalue weighted by Crippen LogP contribution is -2.38. The maximum absolute atomic E-state index is 11.6. The first kappa shape index (κ1) is 24.9. The van der Waals surface area contributed by atoms with E-state index < -0.39 is 0 Å². The second-order valence-corrected chi connectivity index (χ2v) is 7.83. The molecule has 2 N–H and O–H groups in total. The van der Waals surface area contributed by atoms with E-state index in [0.29, 0.717) is 12.3 Å². The van der Waals surface area contributed by atoms with E-state index in [-0.39, 0.29) is 30.1 Å². The Morgan fingerprint density at radius 1 is 1.20 bits per heavy atom. The molecule has 1 aliphatic carbocycles. The van der Waals surface area contributed by atoms with Crippen molar-refractivity contribution >= 4 is 35.8 Å². The van der Waals surface area contributed by atoms with E-state index in [1.54, 1.807) is 0 Å². The highest BCUT2D eigenvalue weighted by molar-refractivity contribution is 14.0. The van der Waals surface area contributed by atoms with Crippen LogP contribution in [-0.4, -0.2) is 56.1 Å². The van der Waals surface area contributed by atoms with Gasteiger partial charge in [0.05, 0.1) is 6.10 Å². The highest BCUT2D eigenvalue weighted by atomic mass is 127. The molecule has 1 aliphatic heterocycles. The Bertz CT molecular complexity index is 683. The van der Waals surface area contributed by atoms with Gasteiger partial charge in [0.15, 0.2) is 5.96 Å². The predicted molar refractivity (Wildman–Crippen MR) is 133 cm³/mol. The molecule has 1 fully saturated rings. The number of nitrogens with one attached hydrogen (secondary N) is 2. The van der Waals surface area contributed by atoms with E-state index in [1.807, 2.05) is 4.90 Å². The van der Waals surface area contributed by atoms with Crippen LogP contribution in [0.5, 0.6) is 0 Å². The predicted octanol–water partition coefficient (Wildman–Crippen LogP) is 3.66. The number of hydrogen-bond donors (Lipinski definition) is 2. The number of rotatable bonds is 10. The summed E-state index contributed by atoms with van der Waals surface area (Å²) in [5, 5.41) is 6.68. The molecule has 0 spiro atoms. The van der Waals surface area contributed by atoms with Crippen molar-refractivity contribution in [1.82, 2.24) is 15.5 Å². The lowest BCUT2D eigenvalue weighted by molar-refractivity contribution is -0.127. The number of carbonyl (C=O) groups excluding carboxylic acids is 1. The largest absolute Gasteiger partial charge is 0.373 e. The third kappa shape index (κ3) is 7.72. The van der Waals surface area contributed by atoms with Gasteiger partial charge in [-0.25, -0.2) is 0 Å². The van der Waals surface area contributed by atoms with Crippen LogP contribution >= 0.6 is 24.0 Å². The number of ether oxygens (including phenoxy) is 1. The van der Waals surface area contributed by atoms with Crippen LogP contribution in [0, 0.1) is 0 Å². The Balaban J connectivity index is 0.00000320. The smallest absolute Gasteiger partial charge is 0.222 e. The second kappa shape index (κ2) is 13.9. The van der Waals surface area contributed by atoms with Crippen LogP contribution in [-0.2, 0) is 16.0 Å². The Labute approximate surface area is 198 Å². The molecule has 1 unspecified atom stereocenters. The molecule has 1 heterocycles. The van der Waals surface area contributed by atoms with E-state index >= 15 is 0 Å². The summed E-state index contributed by atoms with van der Waals surface area (Å²) < 4.78 is 6.18. The van der Waals surface area contributed by atoms with Gasteiger partial charge in [-0.1, -0.05) is 24.3 Å². The SMILES string of the molecule is CCNC(=NCCCN1CCCC1=O)NCCCOC1CCCc2ccccc21.I. The summed E-state index contributed by atoms with van der Waals surface area (Å²) in [5.74, 6) is 1.14. The molecular formula is C23H37IN4O2. The van der Waals surface area contributed by atoms with Gasteiger partial charge in [0.1, 0.15) is 0 Å². The minimum atomic E-state index is 0. The number of amides is 1. The average molecular weight is 528 g/mol. The molecule has 1 atom stereocenters. The summed E-state index contributed by atoms with van der Waals surface area (Å²) >= 11 is 0. The standard InChI is InChI=1S/C23H36N4O2.HI/c1-2-24-23(25-14-7-17-27-16-6-13-22(27)28)26-15-8-18-29-21-12-5-10-19-9-3-4-11-20(19)21;/h3-4,9,11,21H,2,5-8,10,12-18H2,1H3,(H2,24,25,26);1H. The van der Waals surface area contributed by atoms with E-state index in [9.17, 15) is 4.79 Å². The van der Waals surface area contributed by atoms with Gasteiger partial charge >= 0.3 is 0 Å². The molecule has 30 heavy (non-hydrogen) atoms. The molecule has 1 saturated heterocycles. The molecule has 6 nitrogen and oxygen atoms in total. The number of aliphatic imine (C=N–C) groups is 1. The van der Waals surface area contributed by atoms with Crippen LogP contribution in [0.2, 0.25) is 0 Å². The molecule has 168 valence electrons. The van der Waals surface area contributed by atoms with Gasteiger partial charge in [-0.05, 0) is 56.6 Å². The fraction of sp³-hybridized carbons (Fsp3) is 0.652. The van der Waals surface area contributed by atoms with E-state index in [1.165, 1.54) is 24.0 Å². The number of nitrogens with zero attached hydrogens (tertiary/aromatic N) is 2. The molecule has 0 bridgehead atoms. The van der Waals surface area contributed by atoms with Gasteiger partial charge in [-0.2, -0.15) is 0 Å². The van der Waals surface area contributed by atoms with Crippen LogP contribution in [0.15, 0.2) is 29.3 Å². The topological polar surface area (TPSA) is 66.0 Å². The highest BCUT2D eigenvalue weighted by Crippen LogP contribution is 2.32. The van der Waals surface area contributed by atoms with Gasteiger partial charge in [0.25, 0.3) is 0 Å². The Hall–Kier alpha value is -1.35. The van der Waals surface area contributed by atoms with Crippen LogP contribution in [0.4, 0.5) is 0 Å². The van der Waals surface area contributed by atoms with Crippen LogP contribution in [0.25, 0.3) is 0 Å². The minimum Gasteiger partial charge on any atom is -0.373 e. The Kier molecular flexibility index (Phi) is 11.5. The normalized spacial score (nSPS) is 18.7. The molecule has 7 heteroatoms. The Morgan fingerprint density at radius 3 is 2.87 bits per heavy atom. The molecule has 3 rings (SSSR count). The van der Waals surface area contributed by atoms with Crippen molar-refractivity contribution in [3.63, 3.8) is 0 Å². The summed E-state index contributed by atoms with van der Waals surface area (Å²) in [4.78, 5) is 18.2. The van der Waals surface area contributed by atoms with Crippen LogP contribution in [0.1, 0.15) is 62.7 Å². The third-order valence-corrected chi connectivity index (χ3v) is 5.62. The van der Waals surface area contributed by atoms with Gasteiger partial charge in [0, 0.05) is 45.8 Å². The number of halogens is 1. The van der Waals surface area contributed by atoms with E-state index in [4.69, 9.17) is 4.74 Å². The summed E-state index contributed by atoms with van der Waals surface area (Å²) in [5.41, 5.74) is 2.82. The molecule has 0 radical (unpaired) electrons. The van der Waals surface area contributed by atoms with Gasteiger partial charge in [0.2, 0.25) is 5.91 Å². The monoisotopic (exact) mass is 528 g/mol. The first-order valence-electron chi connectivity index (χ1n) is 11.3. The first-order chi connectivity index (χ1) is 14.3. The maximum Gasteiger partial charge on any atom is 0.222 e. The summed E-state index contributed by atoms with van der Waals surface area (Å²) in [6.07, 6.45) is 7.32. The minimum absolute atomic E-state index is 0. The van der Waals surface area contributed by atoms with Gasteiger partial charge in [-0.15, -0.1) is 24.0 Å².